The van der Waals surface area contributed by atoms with Crippen molar-refractivity contribution in [1.29, 1.82) is 5.26 Å². The molecule has 0 aliphatic carbocycles. The van der Waals surface area contributed by atoms with Gasteiger partial charge in [0.25, 0.3) is 5.91 Å². The number of rotatable bonds is 5. The van der Waals surface area contributed by atoms with Crippen molar-refractivity contribution in [2.24, 2.45) is 0 Å². The third-order valence-electron chi connectivity index (χ3n) is 4.53. The molecule has 1 unspecified atom stereocenters. The molecule has 1 aliphatic heterocycles. The van der Waals surface area contributed by atoms with Crippen molar-refractivity contribution in [3.8, 4) is 17.6 Å². The van der Waals surface area contributed by atoms with Gasteiger partial charge in [0.15, 0.2) is 17.5 Å². The van der Waals surface area contributed by atoms with E-state index in [4.69, 9.17) is 14.7 Å². The number of anilines is 1. The maximum absolute atomic E-state index is 12.6. The van der Waals surface area contributed by atoms with Gasteiger partial charge in [-0.15, -0.1) is 0 Å². The zero-order chi connectivity index (χ0) is 18.5. The summed E-state index contributed by atoms with van der Waals surface area (Å²) in [5, 5.41) is 12.0. The number of likely N-dealkylation sites (N-methyl/N-ethyl adjacent to an activating group) is 1. The van der Waals surface area contributed by atoms with Crippen LogP contribution in [0, 0.1) is 11.3 Å². The van der Waals surface area contributed by atoms with Crippen molar-refractivity contribution in [3.63, 3.8) is 0 Å². The smallest absolute Gasteiger partial charge is 0.282 e. The van der Waals surface area contributed by atoms with Gasteiger partial charge in [0.05, 0.1) is 18.3 Å². The zero-order valence-corrected chi connectivity index (χ0v) is 14.9. The summed E-state index contributed by atoms with van der Waals surface area (Å²) < 4.78 is 11.1. The van der Waals surface area contributed by atoms with Gasteiger partial charge in [0.1, 0.15) is 25.8 Å². The highest BCUT2D eigenvalue weighted by molar-refractivity contribution is 5.94. The summed E-state index contributed by atoms with van der Waals surface area (Å²) in [5.74, 6) is 1.39. The molecule has 1 heterocycles. The van der Waals surface area contributed by atoms with E-state index in [9.17, 15) is 4.79 Å². The number of nitrogens with one attached hydrogen (secondary N) is 2. The van der Waals surface area contributed by atoms with Crippen molar-refractivity contribution in [3.05, 3.63) is 53.6 Å². The average Bonchev–Trinajstić information content (AvgIpc) is 2.67. The fourth-order valence-electron chi connectivity index (χ4n) is 2.83. The fraction of sp³-hybridized carbons (Fsp3) is 0.300. The van der Waals surface area contributed by atoms with Crippen LogP contribution in [0.3, 0.4) is 0 Å². The molecule has 134 valence electrons. The number of carbonyl (C=O) groups excluding carboxylic acids is 1. The Morgan fingerprint density at radius 3 is 2.73 bits per heavy atom. The third kappa shape index (κ3) is 3.95. The van der Waals surface area contributed by atoms with E-state index in [2.05, 4.69) is 11.4 Å². The number of benzene rings is 2. The standard InChI is InChI=1S/C20H21N3O3/c1-14(20(24)22-17-6-4-3-5-16(17)12-21)23(2)13-15-7-8-18-19(11-15)26-10-9-25-18/h3-8,11,14H,9-10,13H2,1-2H3,(H,22,24)/p+1/t14-/m0/s1. The fourth-order valence-corrected chi connectivity index (χ4v) is 2.83. The Hall–Kier alpha value is -3.04. The second-order valence-corrected chi connectivity index (χ2v) is 6.37. The number of hydrogen-bond acceptors (Lipinski definition) is 4. The molecule has 1 amide bonds. The number of para-hydroxylation sites is 1. The molecule has 0 aromatic heterocycles. The minimum Gasteiger partial charge on any atom is -0.486 e. The minimum atomic E-state index is -0.282. The van der Waals surface area contributed by atoms with E-state index in [1.54, 1.807) is 24.3 Å². The molecule has 6 nitrogen and oxygen atoms in total. The Morgan fingerprint density at radius 1 is 1.23 bits per heavy atom. The summed E-state index contributed by atoms with van der Waals surface area (Å²) in [6.07, 6.45) is 0. The van der Waals surface area contributed by atoms with E-state index >= 15 is 0 Å². The minimum absolute atomic E-state index is 0.122. The second-order valence-electron chi connectivity index (χ2n) is 6.37. The van der Waals surface area contributed by atoms with Crippen LogP contribution in [0.1, 0.15) is 18.1 Å². The number of amides is 1. The molecular formula is C20H22N3O3+. The van der Waals surface area contributed by atoms with Crippen molar-refractivity contribution in [1.82, 2.24) is 0 Å². The first-order valence-corrected chi connectivity index (χ1v) is 8.59. The van der Waals surface area contributed by atoms with Gasteiger partial charge < -0.3 is 19.7 Å². The number of nitriles is 1. The summed E-state index contributed by atoms with van der Waals surface area (Å²) in [6.45, 7) is 3.66. The van der Waals surface area contributed by atoms with Crippen LogP contribution in [0.5, 0.6) is 11.5 Å². The van der Waals surface area contributed by atoms with E-state index < -0.39 is 0 Å². The lowest BCUT2D eigenvalue weighted by Crippen LogP contribution is -3.12. The lowest BCUT2D eigenvalue weighted by atomic mass is 10.1. The molecule has 0 fully saturated rings. The highest BCUT2D eigenvalue weighted by atomic mass is 16.6. The lowest BCUT2D eigenvalue weighted by Gasteiger charge is -2.23. The van der Waals surface area contributed by atoms with Crippen LogP contribution in [0.2, 0.25) is 0 Å². The molecule has 2 aromatic rings. The van der Waals surface area contributed by atoms with Crippen LogP contribution in [0.4, 0.5) is 5.69 Å². The Labute approximate surface area is 152 Å². The normalized spacial score (nSPS) is 14.8. The van der Waals surface area contributed by atoms with E-state index in [0.717, 1.165) is 22.0 Å². The molecule has 1 aliphatic rings. The van der Waals surface area contributed by atoms with E-state index in [-0.39, 0.29) is 11.9 Å². The summed E-state index contributed by atoms with van der Waals surface area (Å²) in [6, 6.07) is 14.7. The largest absolute Gasteiger partial charge is 0.486 e. The monoisotopic (exact) mass is 352 g/mol. The van der Waals surface area contributed by atoms with E-state index in [1.807, 2.05) is 32.2 Å². The van der Waals surface area contributed by atoms with Crippen LogP contribution in [0.25, 0.3) is 0 Å². The number of carbonyl (C=O) groups is 1. The Kier molecular flexibility index (Phi) is 5.40. The molecule has 3 rings (SSSR count). The maximum atomic E-state index is 12.6. The first-order valence-electron chi connectivity index (χ1n) is 8.59. The molecule has 2 N–H and O–H groups in total. The van der Waals surface area contributed by atoms with Gasteiger partial charge in [-0.05, 0) is 37.3 Å². The first-order chi connectivity index (χ1) is 12.6. The van der Waals surface area contributed by atoms with Crippen molar-refractivity contribution < 1.29 is 19.2 Å². The van der Waals surface area contributed by atoms with Crippen molar-refractivity contribution in [2.75, 3.05) is 25.6 Å². The topological polar surface area (TPSA) is 75.8 Å². The predicted molar refractivity (Wildman–Crippen MR) is 97.3 cm³/mol. The number of hydrogen-bond donors (Lipinski definition) is 2. The second kappa shape index (κ2) is 7.89. The van der Waals surface area contributed by atoms with Crippen LogP contribution in [0.15, 0.2) is 42.5 Å². The van der Waals surface area contributed by atoms with Gasteiger partial charge in [-0.3, -0.25) is 4.79 Å². The Bertz CT molecular complexity index is 844. The number of nitrogens with zero attached hydrogens (tertiary/aromatic N) is 1. The summed E-state index contributed by atoms with van der Waals surface area (Å²) in [5.41, 5.74) is 2.07. The van der Waals surface area contributed by atoms with Crippen LogP contribution >= 0.6 is 0 Å². The van der Waals surface area contributed by atoms with E-state index in [1.165, 1.54) is 0 Å². The molecule has 26 heavy (non-hydrogen) atoms. The van der Waals surface area contributed by atoms with Crippen LogP contribution < -0.4 is 19.7 Å². The van der Waals surface area contributed by atoms with Gasteiger partial charge in [0.2, 0.25) is 0 Å². The predicted octanol–water partition coefficient (Wildman–Crippen LogP) is 1.37. The van der Waals surface area contributed by atoms with Crippen molar-refractivity contribution in [2.45, 2.75) is 19.5 Å². The quantitative estimate of drug-likeness (QED) is 0.852. The molecule has 0 spiro atoms. The molecule has 0 saturated carbocycles. The molecule has 6 heteroatoms. The molecule has 0 radical (unpaired) electrons. The van der Waals surface area contributed by atoms with Crippen molar-refractivity contribution >= 4 is 11.6 Å². The highest BCUT2D eigenvalue weighted by Crippen LogP contribution is 2.30. The van der Waals surface area contributed by atoms with E-state index in [0.29, 0.717) is 31.0 Å². The maximum Gasteiger partial charge on any atom is 0.282 e. The Balaban J connectivity index is 1.64. The van der Waals surface area contributed by atoms with Gasteiger partial charge in [-0.25, -0.2) is 0 Å². The number of quaternary nitrogens is 1. The Morgan fingerprint density at radius 2 is 1.96 bits per heavy atom. The van der Waals surface area contributed by atoms with Gasteiger partial charge in [-0.1, -0.05) is 12.1 Å². The highest BCUT2D eigenvalue weighted by Gasteiger charge is 2.23. The first kappa shape index (κ1) is 17.8. The van der Waals surface area contributed by atoms with Gasteiger partial charge in [0, 0.05) is 5.56 Å². The number of ether oxygens (including phenoxy) is 2. The molecule has 2 atom stereocenters. The summed E-state index contributed by atoms with van der Waals surface area (Å²) >= 11 is 0. The zero-order valence-electron chi connectivity index (χ0n) is 14.9. The summed E-state index contributed by atoms with van der Waals surface area (Å²) in [7, 11) is 1.97. The molecule has 0 bridgehead atoms. The molecule has 0 saturated heterocycles. The average molecular weight is 352 g/mol. The van der Waals surface area contributed by atoms with Crippen LogP contribution in [-0.4, -0.2) is 32.2 Å². The number of fused-ring (bicyclic) bond motifs is 1. The molecule has 2 aromatic carbocycles. The lowest BCUT2D eigenvalue weighted by molar-refractivity contribution is -0.907. The summed E-state index contributed by atoms with van der Waals surface area (Å²) in [4.78, 5) is 13.6. The third-order valence-corrected chi connectivity index (χ3v) is 4.53. The van der Waals surface area contributed by atoms with Gasteiger partial charge in [-0.2, -0.15) is 5.26 Å². The van der Waals surface area contributed by atoms with Crippen LogP contribution in [-0.2, 0) is 11.3 Å². The van der Waals surface area contributed by atoms with Gasteiger partial charge >= 0.3 is 0 Å². The SMILES string of the molecule is C[C@@H](C(=O)Nc1ccccc1C#N)[NH+](C)Cc1ccc2c(c1)OCCO2. The molecular weight excluding hydrogens is 330 g/mol.